The Bertz CT molecular complexity index is 290. The van der Waals surface area contributed by atoms with Gasteiger partial charge in [0.05, 0.1) is 19.8 Å². The third kappa shape index (κ3) is 1.31. The Balaban J connectivity index is 2.46. The summed E-state index contributed by atoms with van der Waals surface area (Å²) in [5.74, 6) is 0.279. The summed E-state index contributed by atoms with van der Waals surface area (Å²) in [7, 11) is 0. The maximum Gasteiger partial charge on any atom is 0.0870 e. The second kappa shape index (κ2) is 3.18. The van der Waals surface area contributed by atoms with E-state index < -0.39 is 9.75 Å². The predicted octanol–water partition coefficient (Wildman–Crippen LogP) is 4.45. The first-order valence-electron chi connectivity index (χ1n) is 3.94. The molecule has 0 spiro atoms. The zero-order chi connectivity index (χ0) is 9.85. The summed E-state index contributed by atoms with van der Waals surface area (Å²) in [6, 6.07) is 0. The molecule has 0 heterocycles. The molecule has 3 atom stereocenters. The maximum atomic E-state index is 6.41. The number of fused-ring (bicyclic) bond motifs is 2. The average Bonchev–Trinajstić information content (AvgIpc) is 2.44. The Morgan fingerprint density at radius 2 is 1.92 bits per heavy atom. The fraction of sp³-hybridized carbons (Fsp3) is 0.750. The lowest BCUT2D eigenvalue weighted by molar-refractivity contribution is 0.527. The zero-order valence-electron chi connectivity index (χ0n) is 6.59. The molecule has 0 aromatic heterocycles. The van der Waals surface area contributed by atoms with Crippen LogP contribution in [0, 0.1) is 5.92 Å². The molecule has 0 aliphatic heterocycles. The summed E-state index contributed by atoms with van der Waals surface area (Å²) in [6.45, 7) is 0. The molecule has 5 heteroatoms. The van der Waals surface area contributed by atoms with Crippen LogP contribution in [0.2, 0.25) is 0 Å². The summed E-state index contributed by atoms with van der Waals surface area (Å²) in [4.78, 5) is -1.03. The Hall–Kier alpha value is 1.38. The van der Waals surface area contributed by atoms with Gasteiger partial charge in [-0.2, -0.15) is 0 Å². The van der Waals surface area contributed by atoms with Gasteiger partial charge in [-0.05, 0) is 18.8 Å². The number of alkyl halides is 3. The van der Waals surface area contributed by atoms with Crippen LogP contribution < -0.4 is 0 Å². The Labute approximate surface area is 106 Å². The topological polar surface area (TPSA) is 0 Å². The highest BCUT2D eigenvalue weighted by atomic mass is 79.9. The minimum Gasteiger partial charge on any atom is -0.113 e. The lowest BCUT2D eigenvalue weighted by atomic mass is 9.94. The van der Waals surface area contributed by atoms with E-state index in [0.717, 1.165) is 11.8 Å². The summed E-state index contributed by atoms with van der Waals surface area (Å²) in [6.07, 6.45) is 1.45. The molecule has 1 saturated carbocycles. The molecule has 0 amide bonds. The molecule has 74 valence electrons. The van der Waals surface area contributed by atoms with Crippen molar-refractivity contribution in [1.82, 2.24) is 0 Å². The monoisotopic (exact) mass is 322 g/mol. The minimum atomic E-state index is -0.524. The number of rotatable bonds is 1. The van der Waals surface area contributed by atoms with Crippen LogP contribution in [0.5, 0.6) is 0 Å². The highest BCUT2D eigenvalue weighted by molar-refractivity contribution is 9.09. The number of allylic oxidation sites excluding steroid dienone is 2. The number of halogens is 5. The van der Waals surface area contributed by atoms with Crippen LogP contribution in [0.3, 0.4) is 0 Å². The molecular formula is C8H7BrCl4. The Morgan fingerprint density at radius 3 is 2.31 bits per heavy atom. The fourth-order valence-electron chi connectivity index (χ4n) is 2.16. The smallest absolute Gasteiger partial charge is 0.0870 e. The molecule has 0 aromatic carbocycles. The first-order valence-corrected chi connectivity index (χ1v) is 6.57. The van der Waals surface area contributed by atoms with Crippen molar-refractivity contribution in [2.75, 3.05) is 5.33 Å². The van der Waals surface area contributed by atoms with Gasteiger partial charge in [-0.25, -0.2) is 0 Å². The normalized spacial score (nSPS) is 49.2. The molecular weight excluding hydrogens is 318 g/mol. The van der Waals surface area contributed by atoms with Crippen molar-refractivity contribution in [1.29, 1.82) is 0 Å². The van der Waals surface area contributed by atoms with Gasteiger partial charge in [0.1, 0.15) is 0 Å². The first-order chi connectivity index (χ1) is 5.94. The highest BCUT2D eigenvalue weighted by Crippen LogP contribution is 2.65. The molecule has 0 nitrogen and oxygen atoms in total. The van der Waals surface area contributed by atoms with Gasteiger partial charge in [0, 0.05) is 5.33 Å². The van der Waals surface area contributed by atoms with Gasteiger partial charge < -0.3 is 0 Å². The minimum absolute atomic E-state index is 0.279. The Morgan fingerprint density at radius 1 is 1.31 bits per heavy atom. The van der Waals surface area contributed by atoms with Gasteiger partial charge in [-0.15, -0.1) is 23.2 Å². The van der Waals surface area contributed by atoms with E-state index >= 15 is 0 Å². The van der Waals surface area contributed by atoms with E-state index in [-0.39, 0.29) is 5.92 Å². The molecule has 0 aromatic rings. The lowest BCUT2D eigenvalue weighted by Gasteiger charge is -2.28. The second-order valence-corrected chi connectivity index (χ2v) is 6.49. The summed E-state index contributed by atoms with van der Waals surface area (Å²) >= 11 is 28.3. The van der Waals surface area contributed by atoms with Gasteiger partial charge in [0.25, 0.3) is 0 Å². The van der Waals surface area contributed by atoms with Crippen LogP contribution in [0.1, 0.15) is 12.8 Å². The molecule has 2 aliphatic rings. The van der Waals surface area contributed by atoms with E-state index in [1.54, 1.807) is 0 Å². The van der Waals surface area contributed by atoms with Crippen molar-refractivity contribution in [2.24, 2.45) is 5.92 Å². The first kappa shape index (κ1) is 10.9. The molecule has 13 heavy (non-hydrogen) atoms. The molecule has 2 bridgehead atoms. The van der Waals surface area contributed by atoms with Crippen molar-refractivity contribution in [3.8, 4) is 0 Å². The van der Waals surface area contributed by atoms with Crippen molar-refractivity contribution < 1.29 is 0 Å². The van der Waals surface area contributed by atoms with Crippen LogP contribution in [0.25, 0.3) is 0 Å². The second-order valence-electron chi connectivity index (χ2n) is 3.69. The fourth-order valence-corrected chi connectivity index (χ4v) is 4.97. The van der Waals surface area contributed by atoms with Gasteiger partial charge >= 0.3 is 0 Å². The number of hydrogen-bond acceptors (Lipinski definition) is 0. The van der Waals surface area contributed by atoms with Crippen molar-refractivity contribution in [3.63, 3.8) is 0 Å². The van der Waals surface area contributed by atoms with E-state index in [0.29, 0.717) is 16.5 Å². The summed E-state index contributed by atoms with van der Waals surface area (Å²) < 4.78 is 0. The van der Waals surface area contributed by atoms with Crippen LogP contribution in [0.4, 0.5) is 0 Å². The van der Waals surface area contributed by atoms with E-state index in [1.807, 2.05) is 0 Å². The van der Waals surface area contributed by atoms with Crippen LogP contribution in [-0.4, -0.2) is 15.1 Å². The van der Waals surface area contributed by atoms with Gasteiger partial charge in [-0.1, -0.05) is 39.1 Å². The highest BCUT2D eigenvalue weighted by Gasteiger charge is 2.62. The van der Waals surface area contributed by atoms with E-state index in [1.165, 1.54) is 0 Å². The maximum absolute atomic E-state index is 6.41. The summed E-state index contributed by atoms with van der Waals surface area (Å²) in [5.41, 5.74) is 0. The third-order valence-electron chi connectivity index (χ3n) is 2.89. The molecule has 2 rings (SSSR count). The standard InChI is InChI=1S/C8H7BrCl4/c9-2-4-1-7(12)3-8(4,13)6(11)5(7)10/h4H,1-3H2/t4-,7+,8-/m1/s1. The molecule has 2 aliphatic carbocycles. The molecule has 1 fully saturated rings. The predicted molar refractivity (Wildman–Crippen MR) is 62.4 cm³/mol. The lowest BCUT2D eigenvalue weighted by Crippen LogP contribution is -2.28. The van der Waals surface area contributed by atoms with Gasteiger partial charge in [0.2, 0.25) is 0 Å². The summed E-state index contributed by atoms with van der Waals surface area (Å²) in [5, 5.41) is 1.90. The molecule has 0 N–H and O–H groups in total. The van der Waals surface area contributed by atoms with Crippen LogP contribution in [-0.2, 0) is 0 Å². The van der Waals surface area contributed by atoms with E-state index in [4.69, 9.17) is 46.4 Å². The SMILES string of the molecule is ClC1=C(Cl)[C@@]2(Cl)C[C@@]1(Cl)C[C@@H]2CBr. The quantitative estimate of drug-likeness (QED) is 0.625. The van der Waals surface area contributed by atoms with Crippen LogP contribution in [0.15, 0.2) is 10.1 Å². The van der Waals surface area contributed by atoms with E-state index in [2.05, 4.69) is 15.9 Å². The molecule has 0 saturated heterocycles. The average molecular weight is 325 g/mol. The van der Waals surface area contributed by atoms with Gasteiger partial charge in [-0.3, -0.25) is 0 Å². The zero-order valence-corrected chi connectivity index (χ0v) is 11.2. The van der Waals surface area contributed by atoms with E-state index in [9.17, 15) is 0 Å². The number of hydrogen-bond donors (Lipinski definition) is 0. The van der Waals surface area contributed by atoms with Gasteiger partial charge in [0.15, 0.2) is 0 Å². The van der Waals surface area contributed by atoms with Crippen molar-refractivity contribution >= 4 is 62.3 Å². The molecule has 0 radical (unpaired) electrons. The van der Waals surface area contributed by atoms with Crippen molar-refractivity contribution in [2.45, 2.75) is 22.6 Å². The Kier molecular flexibility index (Phi) is 2.67. The third-order valence-corrected chi connectivity index (χ3v) is 6.15. The van der Waals surface area contributed by atoms with Crippen LogP contribution >= 0.6 is 62.3 Å². The largest absolute Gasteiger partial charge is 0.113 e. The molecule has 0 unspecified atom stereocenters. The van der Waals surface area contributed by atoms with Crippen molar-refractivity contribution in [3.05, 3.63) is 10.1 Å².